The summed E-state index contributed by atoms with van der Waals surface area (Å²) in [6.07, 6.45) is -38.9. The molecule has 0 fully saturated rings. The molecule has 2 aromatic rings. The number of alkyl halides is 11. The number of hydrogen-bond acceptors (Lipinski definition) is 4. The van der Waals surface area contributed by atoms with Crippen LogP contribution in [-0.2, 0) is 24.6 Å². The molecular weight excluding hydrogens is 715 g/mol. The molecule has 4 nitrogen and oxygen atoms in total. The van der Waals surface area contributed by atoms with Crippen molar-refractivity contribution in [2.75, 3.05) is 0 Å². The average Bonchev–Trinajstić information content (AvgIpc) is 2.90. The quantitative estimate of drug-likeness (QED) is 0.0822. The second-order valence-corrected chi connectivity index (χ2v) is 7.97. The summed E-state index contributed by atoms with van der Waals surface area (Å²) in [5.41, 5.74) is -14.6. The fourth-order valence-electron chi connectivity index (χ4n) is 3.17. The number of benzene rings is 2. The molecule has 0 aliphatic carbocycles. The highest BCUT2D eigenvalue weighted by atomic mass is 19.4. The number of carbonyl (C=O) groups is 1. The fraction of sp³-hybridized carbons (Fsp3) is 0.286. The zero-order valence-electron chi connectivity index (χ0n) is 20.4. The Kier molecular flexibility index (Phi) is 9.75. The van der Waals surface area contributed by atoms with Gasteiger partial charge in [-0.3, -0.25) is 0 Å². The van der Waals surface area contributed by atoms with Gasteiger partial charge in [0, 0.05) is 6.08 Å². The molecule has 0 heterocycles. The second kappa shape index (κ2) is 11.7. The zero-order valence-corrected chi connectivity index (χ0v) is 20.4. The Hall–Kier alpha value is -3.90. The van der Waals surface area contributed by atoms with Crippen LogP contribution in [0.5, 0.6) is 0 Å². The van der Waals surface area contributed by atoms with Crippen molar-refractivity contribution in [1.82, 2.24) is 0 Å². The van der Waals surface area contributed by atoms with E-state index >= 15 is 8.78 Å². The summed E-state index contributed by atoms with van der Waals surface area (Å²) in [6.45, 7) is 2.35. The lowest BCUT2D eigenvalue weighted by Crippen LogP contribution is -2.60. The lowest BCUT2D eigenvalue weighted by atomic mass is 9.82. The van der Waals surface area contributed by atoms with Crippen LogP contribution < -0.4 is 0 Å². The van der Waals surface area contributed by atoms with Crippen molar-refractivity contribution in [1.29, 1.82) is 0 Å². The Morgan fingerprint density at radius 3 is 0.978 bits per heavy atom. The molecule has 0 radical (unpaired) electrons. The largest absolute Gasteiger partial charge is 0.483 e. The fourth-order valence-corrected chi connectivity index (χ4v) is 3.17. The van der Waals surface area contributed by atoms with E-state index in [0.717, 1.165) is 0 Å². The summed E-state index contributed by atoms with van der Waals surface area (Å²) in [5.74, 6) is -40.3. The number of carbonyl (C=O) groups excluding carboxylic acids is 1. The first kappa shape index (κ1) is 38.3. The van der Waals surface area contributed by atoms with Crippen LogP contribution in [0, 0.1) is 58.2 Å². The third-order valence-corrected chi connectivity index (χ3v) is 5.14. The maximum atomic E-state index is 15.6. The summed E-state index contributed by atoms with van der Waals surface area (Å²) >= 11 is 0. The SMILES string of the molecule is C=CC(=O)OC(c1c(F)c(F)c(F)c(F)c1F)(c1c(F)c(F)c(F)c(F)c1F)C(F)(F)OC(F)(F)C(F)(F)OC(F)(F)C(F)(F)F. The van der Waals surface area contributed by atoms with Crippen LogP contribution in [0.25, 0.3) is 0 Å². The van der Waals surface area contributed by atoms with Crippen LogP contribution in [0.4, 0.5) is 92.2 Å². The topological polar surface area (TPSA) is 44.8 Å². The Bertz CT molecular complexity index is 1440. The van der Waals surface area contributed by atoms with E-state index in [1.54, 1.807) is 0 Å². The average molecular weight is 718 g/mol. The molecule has 0 aliphatic rings. The number of esters is 1. The summed E-state index contributed by atoms with van der Waals surface area (Å²) in [6, 6.07) is 0. The number of rotatable bonds is 10. The highest BCUT2D eigenvalue weighted by Crippen LogP contribution is 2.56. The highest BCUT2D eigenvalue weighted by molar-refractivity contribution is 5.82. The summed E-state index contributed by atoms with van der Waals surface area (Å²) in [7, 11) is 0. The molecule has 0 saturated carbocycles. The molecule has 0 atom stereocenters. The van der Waals surface area contributed by atoms with Crippen LogP contribution in [-0.4, -0.2) is 36.6 Å². The number of ether oxygens (including phenoxy) is 3. The Labute approximate surface area is 236 Å². The minimum atomic E-state index is -7.91. The van der Waals surface area contributed by atoms with Crippen molar-refractivity contribution in [2.24, 2.45) is 0 Å². The molecule has 0 unspecified atom stereocenters. The van der Waals surface area contributed by atoms with Gasteiger partial charge in [0.05, 0.1) is 11.1 Å². The monoisotopic (exact) mass is 718 g/mol. The molecule has 0 aliphatic heterocycles. The van der Waals surface area contributed by atoms with Crippen molar-refractivity contribution < 1.29 is 111 Å². The van der Waals surface area contributed by atoms with Crippen molar-refractivity contribution in [3.05, 3.63) is 82.0 Å². The molecule has 0 spiro atoms. The minimum absolute atomic E-state index is 0.636. The molecule has 46 heavy (non-hydrogen) atoms. The van der Waals surface area contributed by atoms with Crippen LogP contribution in [0.2, 0.25) is 0 Å². The Morgan fingerprint density at radius 2 is 0.717 bits per heavy atom. The van der Waals surface area contributed by atoms with E-state index in [0.29, 0.717) is 0 Å². The maximum absolute atomic E-state index is 15.6. The first-order valence-corrected chi connectivity index (χ1v) is 10.3. The summed E-state index contributed by atoms with van der Waals surface area (Å²) in [5, 5.41) is 0. The lowest BCUT2D eigenvalue weighted by molar-refractivity contribution is -0.544. The summed E-state index contributed by atoms with van der Waals surface area (Å²) in [4.78, 5) is 11.9. The standard InChI is InChI=1S/C21H3F21O4/c1-2-3(43)44-16(4-6(22)10(26)14(30)11(27)7(4)23,5-8(24)12(28)15(31)13(29)9(5)25)18(35,36)45-20(39,40)21(41,42)46-19(37,38)17(32,33)34/h2H,1H2. The predicted molar refractivity (Wildman–Crippen MR) is 97.5 cm³/mol. The molecule has 2 rings (SSSR count). The van der Waals surface area contributed by atoms with Gasteiger partial charge in [0.1, 0.15) is 0 Å². The van der Waals surface area contributed by atoms with Gasteiger partial charge in [-0.2, -0.15) is 48.3 Å². The molecule has 0 saturated heterocycles. The van der Waals surface area contributed by atoms with E-state index in [9.17, 15) is 88.2 Å². The molecular formula is C21H3F21O4. The Morgan fingerprint density at radius 1 is 0.457 bits per heavy atom. The third kappa shape index (κ3) is 5.88. The van der Waals surface area contributed by atoms with Gasteiger partial charge in [0.15, 0.2) is 46.5 Å². The Balaban J connectivity index is 3.27. The van der Waals surface area contributed by atoms with Gasteiger partial charge in [-0.25, -0.2) is 58.2 Å². The molecule has 258 valence electrons. The van der Waals surface area contributed by atoms with Gasteiger partial charge >= 0.3 is 36.6 Å². The zero-order chi connectivity index (χ0) is 36.3. The minimum Gasteiger partial charge on any atom is -0.436 e. The van der Waals surface area contributed by atoms with Crippen LogP contribution in [0.15, 0.2) is 12.7 Å². The van der Waals surface area contributed by atoms with Crippen LogP contribution >= 0.6 is 0 Å². The molecule has 25 heteroatoms. The predicted octanol–water partition coefficient (Wildman–Crippen LogP) is 8.02. The van der Waals surface area contributed by atoms with E-state index in [4.69, 9.17) is 0 Å². The molecule has 0 N–H and O–H groups in total. The second-order valence-electron chi connectivity index (χ2n) is 7.97. The van der Waals surface area contributed by atoms with Gasteiger partial charge in [0.25, 0.3) is 5.60 Å². The van der Waals surface area contributed by atoms with Crippen molar-refractivity contribution in [2.45, 2.75) is 36.2 Å². The van der Waals surface area contributed by atoms with Crippen molar-refractivity contribution in [3.63, 3.8) is 0 Å². The van der Waals surface area contributed by atoms with Gasteiger partial charge < -0.3 is 4.74 Å². The van der Waals surface area contributed by atoms with E-state index in [1.807, 2.05) is 4.74 Å². The third-order valence-electron chi connectivity index (χ3n) is 5.14. The molecule has 2 aromatic carbocycles. The van der Waals surface area contributed by atoms with Crippen molar-refractivity contribution >= 4 is 5.97 Å². The molecule has 0 amide bonds. The normalized spacial score (nSPS) is 13.7. The van der Waals surface area contributed by atoms with E-state index in [1.165, 1.54) is 4.74 Å². The summed E-state index contributed by atoms with van der Waals surface area (Å²) < 4.78 is 299. The molecule has 0 aromatic heterocycles. The lowest BCUT2D eigenvalue weighted by Gasteiger charge is -2.41. The highest BCUT2D eigenvalue weighted by Gasteiger charge is 2.77. The smallest absolute Gasteiger partial charge is 0.436 e. The first-order valence-electron chi connectivity index (χ1n) is 10.3. The number of hydrogen-bond donors (Lipinski definition) is 0. The molecule has 0 bridgehead atoms. The first-order chi connectivity index (χ1) is 20.5. The van der Waals surface area contributed by atoms with Gasteiger partial charge in [-0.15, -0.1) is 0 Å². The van der Waals surface area contributed by atoms with E-state index < -0.39 is 118 Å². The number of halogens is 21. The van der Waals surface area contributed by atoms with E-state index in [-0.39, 0.29) is 0 Å². The maximum Gasteiger partial charge on any atom is 0.483 e. The van der Waals surface area contributed by atoms with Gasteiger partial charge in [0.2, 0.25) is 11.6 Å². The van der Waals surface area contributed by atoms with E-state index in [2.05, 4.69) is 11.3 Å². The van der Waals surface area contributed by atoms with Crippen LogP contribution in [0.3, 0.4) is 0 Å². The van der Waals surface area contributed by atoms with Crippen LogP contribution in [0.1, 0.15) is 11.1 Å². The van der Waals surface area contributed by atoms with Gasteiger partial charge in [-0.05, 0) is 0 Å². The van der Waals surface area contributed by atoms with Crippen molar-refractivity contribution in [3.8, 4) is 0 Å². The van der Waals surface area contributed by atoms with Gasteiger partial charge in [-0.1, -0.05) is 6.58 Å².